The molecule has 1 radical (unpaired) electrons. The Hall–Kier alpha value is -1.83. The van der Waals surface area contributed by atoms with Crippen LogP contribution in [-0.4, -0.2) is 7.11 Å². The van der Waals surface area contributed by atoms with Crippen LogP contribution in [0.3, 0.4) is 0 Å². The molecule has 0 heterocycles. The maximum Gasteiger partial charge on any atom is 0.130 e. The molecule has 0 bridgehead atoms. The Morgan fingerprint density at radius 2 is 2.19 bits per heavy atom. The fraction of sp³-hybridized carbons (Fsp3) is 0.143. The maximum absolute atomic E-state index is 13.6. The molecule has 2 aromatic carbocycles. The third kappa shape index (κ3) is 2.40. The van der Waals surface area contributed by atoms with Gasteiger partial charge in [0.15, 0.2) is 0 Å². The fourth-order valence-electron chi connectivity index (χ4n) is 1.56. The molecule has 0 aromatic heterocycles. The fourth-order valence-corrected chi connectivity index (χ4v) is 1.56. The van der Waals surface area contributed by atoms with Gasteiger partial charge in [-0.15, -0.1) is 0 Å². The number of rotatable bonds is 3. The monoisotopic (exact) mass is 215 g/mol. The molecule has 0 saturated heterocycles. The van der Waals surface area contributed by atoms with Gasteiger partial charge in [-0.3, -0.25) is 0 Å². The molecule has 0 spiro atoms. The highest BCUT2D eigenvalue weighted by atomic mass is 19.1. The van der Waals surface area contributed by atoms with Crippen LogP contribution in [0.1, 0.15) is 11.1 Å². The van der Waals surface area contributed by atoms with E-state index in [1.165, 1.54) is 13.2 Å². The Bertz CT molecular complexity index is 465. The molecule has 0 saturated carbocycles. The highest BCUT2D eigenvalue weighted by Crippen LogP contribution is 2.18. The number of ether oxygens (including phenoxy) is 1. The molecule has 0 fully saturated rings. The lowest BCUT2D eigenvalue weighted by molar-refractivity contribution is 0.411. The van der Waals surface area contributed by atoms with Gasteiger partial charge in [-0.25, -0.2) is 4.39 Å². The number of hydrogen-bond donors (Lipinski definition) is 0. The molecular weight excluding hydrogens is 203 g/mol. The van der Waals surface area contributed by atoms with Crippen molar-refractivity contribution >= 4 is 0 Å². The van der Waals surface area contributed by atoms with Crippen LogP contribution in [0.15, 0.2) is 42.5 Å². The van der Waals surface area contributed by atoms with Crippen molar-refractivity contribution in [1.82, 2.24) is 0 Å². The standard InChI is InChI=1S/C14H12FO/c1-16-13-8-7-12(14(15)10-13)9-11-5-3-2-4-6-11/h2-3,5-8,10H,9H2,1H3. The van der Waals surface area contributed by atoms with Crippen molar-refractivity contribution < 1.29 is 9.13 Å². The SMILES string of the molecule is COc1ccc(Cc2c[c]ccc2)c(F)c1. The average Bonchev–Trinajstić information content (AvgIpc) is 2.33. The van der Waals surface area contributed by atoms with Crippen LogP contribution in [0.2, 0.25) is 0 Å². The van der Waals surface area contributed by atoms with Crippen molar-refractivity contribution in [1.29, 1.82) is 0 Å². The molecule has 1 nitrogen and oxygen atoms in total. The second kappa shape index (κ2) is 4.79. The zero-order valence-electron chi connectivity index (χ0n) is 9.03. The summed E-state index contributed by atoms with van der Waals surface area (Å²) in [5.74, 6) is 0.309. The second-order valence-corrected chi connectivity index (χ2v) is 3.55. The molecule has 16 heavy (non-hydrogen) atoms. The predicted octanol–water partition coefficient (Wildman–Crippen LogP) is 3.23. The molecule has 0 aliphatic carbocycles. The van der Waals surface area contributed by atoms with Gasteiger partial charge in [0, 0.05) is 12.5 Å². The van der Waals surface area contributed by atoms with Crippen molar-refractivity contribution in [2.75, 3.05) is 7.11 Å². The second-order valence-electron chi connectivity index (χ2n) is 3.55. The summed E-state index contributed by atoms with van der Waals surface area (Å²) >= 11 is 0. The van der Waals surface area contributed by atoms with E-state index < -0.39 is 0 Å². The summed E-state index contributed by atoms with van der Waals surface area (Å²) in [6, 6.07) is 15.5. The van der Waals surface area contributed by atoms with Crippen LogP contribution in [0.5, 0.6) is 5.75 Å². The molecule has 2 rings (SSSR count). The predicted molar refractivity (Wildman–Crippen MR) is 61.0 cm³/mol. The normalized spacial score (nSPS) is 10.1. The van der Waals surface area contributed by atoms with E-state index in [1.54, 1.807) is 12.1 Å². The van der Waals surface area contributed by atoms with Crippen molar-refractivity contribution in [3.8, 4) is 5.75 Å². The molecular formula is C14H12FO. The van der Waals surface area contributed by atoms with Crippen LogP contribution in [0.4, 0.5) is 4.39 Å². The first kappa shape index (κ1) is 10.7. The Labute approximate surface area is 94.5 Å². The zero-order valence-corrected chi connectivity index (χ0v) is 9.03. The minimum Gasteiger partial charge on any atom is -0.497 e. The van der Waals surface area contributed by atoms with Gasteiger partial charge in [-0.05, 0) is 23.3 Å². The van der Waals surface area contributed by atoms with Crippen LogP contribution < -0.4 is 4.74 Å². The van der Waals surface area contributed by atoms with Crippen LogP contribution in [-0.2, 0) is 6.42 Å². The van der Waals surface area contributed by atoms with Crippen molar-refractivity contribution in [3.05, 3.63) is 65.5 Å². The highest BCUT2D eigenvalue weighted by molar-refractivity contribution is 5.32. The Morgan fingerprint density at radius 1 is 1.31 bits per heavy atom. The lowest BCUT2D eigenvalue weighted by Crippen LogP contribution is -1.93. The summed E-state index contributed by atoms with van der Waals surface area (Å²) in [4.78, 5) is 0. The number of hydrogen-bond acceptors (Lipinski definition) is 1. The van der Waals surface area contributed by atoms with E-state index >= 15 is 0 Å². The van der Waals surface area contributed by atoms with Crippen LogP contribution >= 0.6 is 0 Å². The first-order valence-electron chi connectivity index (χ1n) is 5.07. The molecule has 81 valence electrons. The molecule has 2 heteroatoms. The van der Waals surface area contributed by atoms with Crippen molar-refractivity contribution in [3.63, 3.8) is 0 Å². The van der Waals surface area contributed by atoms with Gasteiger partial charge in [-0.1, -0.05) is 30.3 Å². The van der Waals surface area contributed by atoms with Crippen LogP contribution in [0.25, 0.3) is 0 Å². The van der Waals surface area contributed by atoms with E-state index in [2.05, 4.69) is 6.07 Å². The minimum atomic E-state index is -0.233. The Kier molecular flexibility index (Phi) is 3.20. The van der Waals surface area contributed by atoms with E-state index in [-0.39, 0.29) is 5.82 Å². The van der Waals surface area contributed by atoms with E-state index in [0.717, 1.165) is 5.56 Å². The number of halogens is 1. The van der Waals surface area contributed by atoms with Crippen molar-refractivity contribution in [2.24, 2.45) is 0 Å². The van der Waals surface area contributed by atoms with Gasteiger partial charge in [0.1, 0.15) is 11.6 Å². The number of methoxy groups -OCH3 is 1. The zero-order chi connectivity index (χ0) is 11.4. The molecule has 0 aliphatic heterocycles. The van der Waals surface area contributed by atoms with Gasteiger partial charge in [0.25, 0.3) is 0 Å². The lowest BCUT2D eigenvalue weighted by atomic mass is 10.0. The first-order valence-corrected chi connectivity index (χ1v) is 5.07. The molecule has 0 unspecified atom stereocenters. The molecule has 2 aromatic rings. The summed E-state index contributed by atoms with van der Waals surface area (Å²) in [5.41, 5.74) is 1.71. The Morgan fingerprint density at radius 3 is 2.81 bits per heavy atom. The van der Waals surface area contributed by atoms with Crippen LogP contribution in [0, 0.1) is 11.9 Å². The molecule has 0 amide bonds. The summed E-state index contributed by atoms with van der Waals surface area (Å²) in [6.45, 7) is 0. The minimum absolute atomic E-state index is 0.233. The van der Waals surface area contributed by atoms with E-state index in [1.807, 2.05) is 24.3 Å². The lowest BCUT2D eigenvalue weighted by Gasteiger charge is -2.05. The quantitative estimate of drug-likeness (QED) is 0.763. The number of benzene rings is 2. The summed E-state index contributed by atoms with van der Waals surface area (Å²) in [5, 5.41) is 0. The largest absolute Gasteiger partial charge is 0.497 e. The van der Waals surface area contributed by atoms with Gasteiger partial charge < -0.3 is 4.74 Å². The topological polar surface area (TPSA) is 9.23 Å². The summed E-state index contributed by atoms with van der Waals surface area (Å²) in [6.07, 6.45) is 0.577. The third-order valence-electron chi connectivity index (χ3n) is 2.43. The van der Waals surface area contributed by atoms with Gasteiger partial charge in [-0.2, -0.15) is 0 Å². The molecule has 0 N–H and O–H groups in total. The first-order chi connectivity index (χ1) is 7.79. The molecule has 0 atom stereocenters. The van der Waals surface area contributed by atoms with Crippen molar-refractivity contribution in [2.45, 2.75) is 6.42 Å². The van der Waals surface area contributed by atoms with E-state index in [9.17, 15) is 4.39 Å². The Balaban J connectivity index is 2.22. The van der Waals surface area contributed by atoms with E-state index in [0.29, 0.717) is 17.7 Å². The highest BCUT2D eigenvalue weighted by Gasteiger charge is 2.04. The third-order valence-corrected chi connectivity index (χ3v) is 2.43. The van der Waals surface area contributed by atoms with Gasteiger partial charge in [0.05, 0.1) is 7.11 Å². The summed E-state index contributed by atoms with van der Waals surface area (Å²) < 4.78 is 18.6. The van der Waals surface area contributed by atoms with Gasteiger partial charge in [0.2, 0.25) is 0 Å². The maximum atomic E-state index is 13.6. The van der Waals surface area contributed by atoms with Gasteiger partial charge >= 0.3 is 0 Å². The summed E-state index contributed by atoms with van der Waals surface area (Å²) in [7, 11) is 1.53. The molecule has 0 aliphatic rings. The van der Waals surface area contributed by atoms with E-state index in [4.69, 9.17) is 4.74 Å². The average molecular weight is 215 g/mol. The smallest absolute Gasteiger partial charge is 0.130 e.